The molecule has 0 radical (unpaired) electrons. The van der Waals surface area contributed by atoms with Crippen LogP contribution in [0.1, 0.15) is 34.2 Å². The highest BCUT2D eigenvalue weighted by atomic mass is 19.1. The van der Waals surface area contributed by atoms with Crippen LogP contribution in [0.3, 0.4) is 0 Å². The molecule has 0 N–H and O–H groups in total. The van der Waals surface area contributed by atoms with Crippen molar-refractivity contribution >= 4 is 5.78 Å². The van der Waals surface area contributed by atoms with Crippen molar-refractivity contribution in [2.45, 2.75) is 26.7 Å². The van der Waals surface area contributed by atoms with E-state index in [1.807, 2.05) is 13.0 Å². The Morgan fingerprint density at radius 1 is 1.42 bits per heavy atom. The number of benzene rings is 1. The Morgan fingerprint density at radius 3 is 2.79 bits per heavy atom. The highest BCUT2D eigenvalue weighted by Crippen LogP contribution is 2.15. The van der Waals surface area contributed by atoms with Crippen molar-refractivity contribution in [3.8, 4) is 0 Å². The molecule has 2 rings (SSSR count). The van der Waals surface area contributed by atoms with E-state index in [9.17, 15) is 9.18 Å². The minimum absolute atomic E-state index is 0.152. The van der Waals surface area contributed by atoms with E-state index in [1.165, 1.54) is 6.07 Å². The predicted octanol–water partition coefficient (Wildman–Crippen LogP) is 2.86. The van der Waals surface area contributed by atoms with Gasteiger partial charge in [-0.2, -0.15) is 5.10 Å². The summed E-state index contributed by atoms with van der Waals surface area (Å²) in [7, 11) is 1.80. The first-order chi connectivity index (χ1) is 9.02. The normalized spacial score (nSPS) is 10.7. The third kappa shape index (κ3) is 2.72. The van der Waals surface area contributed by atoms with Gasteiger partial charge in [-0.15, -0.1) is 0 Å². The zero-order valence-electron chi connectivity index (χ0n) is 11.4. The second-order valence-electron chi connectivity index (χ2n) is 4.64. The summed E-state index contributed by atoms with van der Waals surface area (Å²) in [5.41, 5.74) is 2.39. The summed E-state index contributed by atoms with van der Waals surface area (Å²) in [5, 5.41) is 4.29. The van der Waals surface area contributed by atoms with Crippen LogP contribution in [0, 0.1) is 12.7 Å². The summed E-state index contributed by atoms with van der Waals surface area (Å²) in [6, 6.07) is 6.78. The highest BCUT2D eigenvalue weighted by molar-refractivity contribution is 5.97. The molecule has 0 aliphatic heterocycles. The van der Waals surface area contributed by atoms with Crippen molar-refractivity contribution in [2.75, 3.05) is 0 Å². The summed E-state index contributed by atoms with van der Waals surface area (Å²) in [6.45, 7) is 3.67. The van der Waals surface area contributed by atoms with E-state index in [0.29, 0.717) is 5.56 Å². The van der Waals surface area contributed by atoms with E-state index >= 15 is 0 Å². The zero-order valence-corrected chi connectivity index (χ0v) is 11.4. The van der Waals surface area contributed by atoms with Crippen LogP contribution < -0.4 is 0 Å². The van der Waals surface area contributed by atoms with Gasteiger partial charge in [-0.3, -0.25) is 9.48 Å². The molecule has 0 spiro atoms. The van der Waals surface area contributed by atoms with Gasteiger partial charge in [0.1, 0.15) is 5.82 Å². The molecule has 3 nitrogen and oxygen atoms in total. The van der Waals surface area contributed by atoms with Gasteiger partial charge < -0.3 is 0 Å². The number of halogens is 1. The van der Waals surface area contributed by atoms with Gasteiger partial charge in [-0.1, -0.05) is 19.1 Å². The van der Waals surface area contributed by atoms with Crippen molar-refractivity contribution < 1.29 is 9.18 Å². The summed E-state index contributed by atoms with van der Waals surface area (Å²) in [5.74, 6) is -0.641. The van der Waals surface area contributed by atoms with Crippen LogP contribution in [0.25, 0.3) is 0 Å². The number of Topliss-reactive ketones (excluding diaryl/α,β-unsaturated/α-hetero) is 1. The number of hydrogen-bond acceptors (Lipinski definition) is 2. The Morgan fingerprint density at radius 2 is 2.16 bits per heavy atom. The molecule has 0 aliphatic rings. The third-order valence-electron chi connectivity index (χ3n) is 3.22. The molecule has 4 heteroatoms. The van der Waals surface area contributed by atoms with E-state index in [4.69, 9.17) is 0 Å². The smallest absolute Gasteiger partial charge is 0.171 e. The van der Waals surface area contributed by atoms with Crippen LogP contribution in [0.2, 0.25) is 0 Å². The molecule has 0 saturated carbocycles. The first kappa shape index (κ1) is 13.5. The average Bonchev–Trinajstić information content (AvgIpc) is 2.73. The highest BCUT2D eigenvalue weighted by Gasteiger charge is 2.15. The zero-order chi connectivity index (χ0) is 14.0. The number of ketones is 1. The van der Waals surface area contributed by atoms with E-state index < -0.39 is 5.82 Å². The van der Waals surface area contributed by atoms with E-state index in [-0.39, 0.29) is 17.8 Å². The van der Waals surface area contributed by atoms with Crippen molar-refractivity contribution in [3.05, 3.63) is 52.6 Å². The molecule has 1 aromatic heterocycles. The standard InChI is InChI=1S/C15H17FN2O/c1-4-11-8-12(18(3)17-11)9-14(19)13-7-5-6-10(2)15(13)16/h5-8H,4,9H2,1-3H3. The Hall–Kier alpha value is -1.97. The fourth-order valence-corrected chi connectivity index (χ4v) is 2.03. The lowest BCUT2D eigenvalue weighted by molar-refractivity contribution is 0.0986. The Kier molecular flexibility index (Phi) is 3.79. The number of hydrogen-bond donors (Lipinski definition) is 0. The molecule has 0 amide bonds. The molecule has 1 heterocycles. The lowest BCUT2D eigenvalue weighted by atomic mass is 10.0. The lowest BCUT2D eigenvalue weighted by Crippen LogP contribution is -2.10. The Labute approximate surface area is 112 Å². The van der Waals surface area contributed by atoms with Gasteiger partial charge in [0, 0.05) is 12.7 Å². The van der Waals surface area contributed by atoms with E-state index in [2.05, 4.69) is 5.10 Å². The fraction of sp³-hybridized carbons (Fsp3) is 0.333. The molecule has 2 aromatic rings. The molecule has 0 unspecified atom stereocenters. The number of aryl methyl sites for hydroxylation is 3. The van der Waals surface area contributed by atoms with Gasteiger partial charge in [-0.05, 0) is 31.0 Å². The SMILES string of the molecule is CCc1cc(CC(=O)c2cccc(C)c2F)n(C)n1. The van der Waals surface area contributed by atoms with Gasteiger partial charge in [0.2, 0.25) is 0 Å². The molecular weight excluding hydrogens is 243 g/mol. The Bertz CT molecular complexity index is 617. The molecule has 0 atom stereocenters. The average molecular weight is 260 g/mol. The van der Waals surface area contributed by atoms with Crippen molar-refractivity contribution in [3.63, 3.8) is 0 Å². The van der Waals surface area contributed by atoms with Gasteiger partial charge in [0.05, 0.1) is 17.7 Å². The van der Waals surface area contributed by atoms with Gasteiger partial charge >= 0.3 is 0 Å². The van der Waals surface area contributed by atoms with Gasteiger partial charge in [-0.25, -0.2) is 4.39 Å². The van der Waals surface area contributed by atoms with Crippen LogP contribution in [-0.4, -0.2) is 15.6 Å². The number of aromatic nitrogens is 2. The fourth-order valence-electron chi connectivity index (χ4n) is 2.03. The van der Waals surface area contributed by atoms with Crippen molar-refractivity contribution in [2.24, 2.45) is 7.05 Å². The summed E-state index contributed by atoms with van der Waals surface area (Å²) in [6.07, 6.45) is 0.991. The van der Waals surface area contributed by atoms with Crippen molar-refractivity contribution in [1.29, 1.82) is 0 Å². The van der Waals surface area contributed by atoms with Crippen molar-refractivity contribution in [1.82, 2.24) is 9.78 Å². The third-order valence-corrected chi connectivity index (χ3v) is 3.22. The van der Waals surface area contributed by atoms with E-state index in [1.54, 1.807) is 30.8 Å². The molecule has 0 aliphatic carbocycles. The van der Waals surface area contributed by atoms with Crippen LogP contribution in [0.5, 0.6) is 0 Å². The first-order valence-electron chi connectivity index (χ1n) is 6.33. The summed E-state index contributed by atoms with van der Waals surface area (Å²) in [4.78, 5) is 12.2. The number of carbonyl (C=O) groups excluding carboxylic acids is 1. The van der Waals surface area contributed by atoms with Crippen LogP contribution >= 0.6 is 0 Å². The van der Waals surface area contributed by atoms with Crippen LogP contribution in [0.4, 0.5) is 4.39 Å². The first-order valence-corrected chi connectivity index (χ1v) is 6.33. The second kappa shape index (κ2) is 5.34. The quantitative estimate of drug-likeness (QED) is 0.792. The molecule has 0 saturated heterocycles. The molecule has 19 heavy (non-hydrogen) atoms. The molecule has 0 bridgehead atoms. The Balaban J connectivity index is 2.25. The lowest BCUT2D eigenvalue weighted by Gasteiger charge is -2.05. The number of carbonyl (C=O) groups is 1. The maximum Gasteiger partial charge on any atom is 0.171 e. The maximum absolute atomic E-state index is 13.9. The second-order valence-corrected chi connectivity index (χ2v) is 4.64. The van der Waals surface area contributed by atoms with Crippen LogP contribution in [-0.2, 0) is 19.9 Å². The predicted molar refractivity (Wildman–Crippen MR) is 71.8 cm³/mol. The van der Waals surface area contributed by atoms with Crippen LogP contribution in [0.15, 0.2) is 24.3 Å². The molecule has 0 fully saturated rings. The largest absolute Gasteiger partial charge is 0.294 e. The topological polar surface area (TPSA) is 34.9 Å². The minimum atomic E-state index is -0.426. The number of rotatable bonds is 4. The minimum Gasteiger partial charge on any atom is -0.294 e. The molecule has 100 valence electrons. The van der Waals surface area contributed by atoms with Gasteiger partial charge in [0.25, 0.3) is 0 Å². The maximum atomic E-state index is 13.9. The summed E-state index contributed by atoms with van der Waals surface area (Å²) < 4.78 is 15.6. The summed E-state index contributed by atoms with van der Waals surface area (Å²) >= 11 is 0. The molecule has 1 aromatic carbocycles. The van der Waals surface area contributed by atoms with E-state index in [0.717, 1.165) is 17.8 Å². The monoisotopic (exact) mass is 260 g/mol. The van der Waals surface area contributed by atoms with Gasteiger partial charge in [0.15, 0.2) is 5.78 Å². The number of nitrogens with zero attached hydrogens (tertiary/aromatic N) is 2. The molecular formula is C15H17FN2O.